The van der Waals surface area contributed by atoms with E-state index in [9.17, 15) is 18.4 Å². The van der Waals surface area contributed by atoms with E-state index in [1.165, 1.54) is 14.2 Å². The normalized spacial score (nSPS) is 35.5. The van der Waals surface area contributed by atoms with E-state index in [0.29, 0.717) is 0 Å². The Kier molecular flexibility index (Phi) is 11.5. The van der Waals surface area contributed by atoms with E-state index >= 15 is 0 Å². The summed E-state index contributed by atoms with van der Waals surface area (Å²) in [5, 5.41) is 34.6. The highest BCUT2D eigenvalue weighted by Crippen LogP contribution is 2.27. The fourth-order valence-corrected chi connectivity index (χ4v) is 2.59. The van der Waals surface area contributed by atoms with Gasteiger partial charge in [-0.3, -0.25) is 0 Å². The summed E-state index contributed by atoms with van der Waals surface area (Å²) >= 11 is 0. The van der Waals surface area contributed by atoms with Gasteiger partial charge in [0, 0.05) is 14.2 Å². The summed E-state index contributed by atoms with van der Waals surface area (Å²) in [6, 6.07) is 0. The molecule has 30 heavy (non-hydrogen) atoms. The number of aliphatic hydroxyl groups is 4. The van der Waals surface area contributed by atoms with Crippen molar-refractivity contribution in [2.75, 3.05) is 40.6 Å². The Morgan fingerprint density at radius 1 is 0.900 bits per heavy atom. The van der Waals surface area contributed by atoms with Gasteiger partial charge in [-0.25, -0.2) is 18.4 Å². The molecule has 0 spiro atoms. The molecule has 0 aromatic heterocycles. The lowest BCUT2D eigenvalue weighted by Gasteiger charge is -2.18. The summed E-state index contributed by atoms with van der Waals surface area (Å²) in [5.41, 5.74) is 0. The maximum Gasteiger partial charge on any atom is 0.332 e. The molecule has 2 saturated heterocycles. The van der Waals surface area contributed by atoms with Gasteiger partial charge in [-0.15, -0.1) is 0 Å². The summed E-state index contributed by atoms with van der Waals surface area (Å²) in [5.74, 6) is -1.96. The van der Waals surface area contributed by atoms with Crippen molar-refractivity contribution in [1.82, 2.24) is 0 Å². The molecule has 0 amide bonds. The molecule has 2 rings (SSSR count). The zero-order valence-electron chi connectivity index (χ0n) is 16.3. The van der Waals surface area contributed by atoms with Crippen LogP contribution in [0.15, 0.2) is 0 Å². The predicted octanol–water partition coefficient (Wildman–Crippen LogP) is -2.82. The van der Waals surface area contributed by atoms with E-state index in [1.807, 2.05) is 0 Å². The second-order valence-electron chi connectivity index (χ2n) is 6.07. The van der Waals surface area contributed by atoms with Crippen molar-refractivity contribution in [3.63, 3.8) is 0 Å². The maximum atomic E-state index is 13.8. The van der Waals surface area contributed by atoms with Crippen molar-refractivity contribution >= 4 is 11.9 Å². The van der Waals surface area contributed by atoms with Crippen LogP contribution in [0.3, 0.4) is 0 Å². The van der Waals surface area contributed by atoms with Crippen LogP contribution in [-0.4, -0.2) is 122 Å². The Balaban J connectivity index is 0.000000346. The molecule has 8 atom stereocenters. The van der Waals surface area contributed by atoms with Crippen LogP contribution in [0, 0.1) is 0 Å². The number of halogens is 2. The van der Waals surface area contributed by atoms with Gasteiger partial charge in [0.15, 0.2) is 31.0 Å². The lowest BCUT2D eigenvalue weighted by atomic mass is 10.1. The molecule has 4 N–H and O–H groups in total. The lowest BCUT2D eigenvalue weighted by Crippen LogP contribution is -2.38. The Labute approximate surface area is 170 Å². The second kappa shape index (κ2) is 13.0. The molecule has 0 saturated carbocycles. The highest BCUT2D eigenvalue weighted by Gasteiger charge is 2.48. The van der Waals surface area contributed by atoms with Crippen LogP contribution in [0.5, 0.6) is 0 Å². The maximum absolute atomic E-state index is 13.8. The molecule has 0 aromatic rings. The largest absolute Gasteiger partial charge is 0.461 e. The molecular weight excluding hydrogens is 422 g/mol. The van der Waals surface area contributed by atoms with Crippen LogP contribution in [0.25, 0.3) is 0 Å². The predicted molar refractivity (Wildman–Crippen MR) is 89.2 cm³/mol. The number of methoxy groups -OCH3 is 2. The highest BCUT2D eigenvalue weighted by molar-refractivity contribution is 5.71. The third kappa shape index (κ3) is 7.02. The number of ether oxygens (including phenoxy) is 6. The molecule has 2 aliphatic rings. The van der Waals surface area contributed by atoms with Gasteiger partial charge >= 0.3 is 11.9 Å². The number of rotatable bonds is 8. The van der Waals surface area contributed by atoms with Gasteiger partial charge in [-0.2, -0.15) is 0 Å². The first-order valence-electron chi connectivity index (χ1n) is 8.74. The molecule has 0 aliphatic carbocycles. The smallest absolute Gasteiger partial charge is 0.332 e. The monoisotopic (exact) mass is 448 g/mol. The topological polar surface area (TPSA) is 170 Å². The van der Waals surface area contributed by atoms with Crippen LogP contribution in [-0.2, 0) is 38.0 Å². The number of esters is 2. The number of alkyl halides is 2. The van der Waals surface area contributed by atoms with Gasteiger partial charge in [0.2, 0.25) is 0 Å². The minimum atomic E-state index is -1.78. The van der Waals surface area contributed by atoms with E-state index in [2.05, 4.69) is 14.2 Å². The molecule has 12 nitrogen and oxygen atoms in total. The van der Waals surface area contributed by atoms with Gasteiger partial charge in [-0.05, 0) is 0 Å². The van der Waals surface area contributed by atoms with E-state index in [1.54, 1.807) is 0 Å². The van der Waals surface area contributed by atoms with Crippen LogP contribution in [0.2, 0.25) is 0 Å². The molecule has 176 valence electrons. The summed E-state index contributed by atoms with van der Waals surface area (Å²) in [6.07, 6.45) is -10.3. The first kappa shape index (κ1) is 26.5. The van der Waals surface area contributed by atoms with Crippen molar-refractivity contribution in [2.24, 2.45) is 0 Å². The van der Waals surface area contributed by atoms with Crippen molar-refractivity contribution in [3.05, 3.63) is 0 Å². The van der Waals surface area contributed by atoms with Gasteiger partial charge in [0.25, 0.3) is 0 Å². The number of hydrogen-bond acceptors (Lipinski definition) is 12. The van der Waals surface area contributed by atoms with Gasteiger partial charge in [0.05, 0.1) is 6.61 Å². The average molecular weight is 448 g/mol. The van der Waals surface area contributed by atoms with Crippen molar-refractivity contribution < 1.29 is 67.2 Å². The number of carbonyl (C=O) groups excluding carboxylic acids is 2. The summed E-state index contributed by atoms with van der Waals surface area (Å²) in [4.78, 5) is 21.8. The number of carbonyl (C=O) groups is 2. The molecule has 2 fully saturated rings. The number of hydrogen-bond donors (Lipinski definition) is 4. The molecule has 0 radical (unpaired) electrons. The van der Waals surface area contributed by atoms with Crippen LogP contribution < -0.4 is 0 Å². The second-order valence-corrected chi connectivity index (χ2v) is 6.07. The van der Waals surface area contributed by atoms with Crippen LogP contribution in [0.1, 0.15) is 0 Å². The Hall–Kier alpha value is -1.52. The highest BCUT2D eigenvalue weighted by atomic mass is 19.1. The lowest BCUT2D eigenvalue weighted by molar-refractivity contribution is -0.167. The number of aliphatic hydroxyl groups excluding tert-OH is 4. The van der Waals surface area contributed by atoms with Gasteiger partial charge in [0.1, 0.15) is 38.1 Å². The van der Waals surface area contributed by atoms with E-state index in [-0.39, 0.29) is 0 Å². The average Bonchev–Trinajstić information content (AvgIpc) is 3.22. The Morgan fingerprint density at radius 2 is 1.43 bits per heavy atom. The van der Waals surface area contributed by atoms with E-state index in [0.717, 1.165) is 0 Å². The zero-order valence-corrected chi connectivity index (χ0v) is 16.3. The van der Waals surface area contributed by atoms with Crippen molar-refractivity contribution in [2.45, 2.75) is 49.3 Å². The molecule has 2 unspecified atom stereocenters. The SMILES string of the molecule is COC1O[C@H](CO)[C@@H](O)[C@@H]1F.COC1O[C@H](COC(=O)CO)[C@@H](OC(=O)CO)[C@@H]1F. The summed E-state index contributed by atoms with van der Waals surface area (Å²) < 4.78 is 54.9. The van der Waals surface area contributed by atoms with E-state index < -0.39 is 87.7 Å². The molecule has 2 heterocycles. The molecular formula is C16H26F2O12. The van der Waals surface area contributed by atoms with Crippen molar-refractivity contribution in [1.29, 1.82) is 0 Å². The minimum absolute atomic E-state index is 0.401. The fourth-order valence-electron chi connectivity index (χ4n) is 2.59. The molecule has 0 aromatic carbocycles. The fraction of sp³-hybridized carbons (Fsp3) is 0.875. The van der Waals surface area contributed by atoms with Crippen LogP contribution in [0.4, 0.5) is 8.78 Å². The third-order valence-corrected chi connectivity index (χ3v) is 4.10. The molecule has 2 aliphatic heterocycles. The quantitative estimate of drug-likeness (QED) is 0.281. The minimum Gasteiger partial charge on any atom is -0.461 e. The summed E-state index contributed by atoms with van der Waals surface area (Å²) in [7, 11) is 2.48. The molecule has 0 bridgehead atoms. The van der Waals surface area contributed by atoms with Gasteiger partial charge in [-0.1, -0.05) is 0 Å². The summed E-state index contributed by atoms with van der Waals surface area (Å²) in [6.45, 7) is -2.56. The van der Waals surface area contributed by atoms with E-state index in [4.69, 9.17) is 34.6 Å². The Morgan fingerprint density at radius 3 is 1.87 bits per heavy atom. The van der Waals surface area contributed by atoms with Crippen molar-refractivity contribution in [3.8, 4) is 0 Å². The zero-order chi connectivity index (χ0) is 22.8. The standard InChI is InChI=1S/C10H15FO8.C6H11FO4/c1-16-10-8(11)9(19-7(15)3-13)5(18-10)4-17-6(14)2-12;1-10-6-4(7)5(9)3(2-8)11-6/h5,8-10,12-13H,2-4H2,1H3;3-6,8-9H,2H2,1H3/t5-,8+,9-,10?;3-,4+,5-,6?/m11/s1. The first-order chi connectivity index (χ1) is 14.2. The third-order valence-electron chi connectivity index (χ3n) is 4.10. The molecule has 14 heteroatoms. The Bertz CT molecular complexity index is 520. The first-order valence-corrected chi connectivity index (χ1v) is 8.74. The van der Waals surface area contributed by atoms with Gasteiger partial charge < -0.3 is 48.8 Å². The van der Waals surface area contributed by atoms with Crippen LogP contribution >= 0.6 is 0 Å².